The van der Waals surface area contributed by atoms with Crippen molar-refractivity contribution < 1.29 is 4.74 Å². The Balaban J connectivity index is 1.43. The molecular formula is C21H31N3O. The van der Waals surface area contributed by atoms with Crippen molar-refractivity contribution in [1.82, 2.24) is 4.90 Å². The maximum Gasteiger partial charge on any atom is 0.107 e. The van der Waals surface area contributed by atoms with Crippen LogP contribution in [0.3, 0.4) is 0 Å². The first-order chi connectivity index (χ1) is 12.2. The number of nitrogens with two attached hydrogens (primary N) is 1. The number of benzene rings is 1. The van der Waals surface area contributed by atoms with Crippen molar-refractivity contribution in [3.63, 3.8) is 0 Å². The third-order valence-electron chi connectivity index (χ3n) is 5.66. The molecule has 1 heterocycles. The topological polar surface area (TPSA) is 50.5 Å². The molecular weight excluding hydrogens is 310 g/mol. The van der Waals surface area contributed by atoms with E-state index in [9.17, 15) is 0 Å². The van der Waals surface area contributed by atoms with Gasteiger partial charge in [-0.1, -0.05) is 12.0 Å². The van der Waals surface area contributed by atoms with Crippen LogP contribution >= 0.6 is 0 Å². The normalized spacial score (nSPS) is 25.4. The molecule has 2 aliphatic rings. The van der Waals surface area contributed by atoms with Crippen LogP contribution in [0.25, 0.3) is 0 Å². The van der Waals surface area contributed by atoms with E-state index in [1.54, 1.807) is 0 Å². The molecule has 0 unspecified atom stereocenters. The number of rotatable bonds is 5. The lowest BCUT2D eigenvalue weighted by Gasteiger charge is -2.41. The second-order valence-electron chi connectivity index (χ2n) is 7.49. The highest BCUT2D eigenvalue weighted by Gasteiger charge is 2.29. The molecule has 1 aromatic rings. The third-order valence-corrected chi connectivity index (χ3v) is 5.66. The second kappa shape index (κ2) is 8.60. The molecule has 3 rings (SSSR count). The lowest BCUT2D eigenvalue weighted by molar-refractivity contribution is 0.0190. The molecule has 1 aromatic carbocycles. The number of piperidine rings is 1. The lowest BCUT2D eigenvalue weighted by Crippen LogP contribution is -2.46. The summed E-state index contributed by atoms with van der Waals surface area (Å²) in [6.45, 7) is 4.90. The first-order valence-corrected chi connectivity index (χ1v) is 9.57. The van der Waals surface area contributed by atoms with E-state index in [1.807, 2.05) is 6.07 Å². The van der Waals surface area contributed by atoms with Crippen molar-refractivity contribution in [1.29, 1.82) is 0 Å². The van der Waals surface area contributed by atoms with E-state index in [0.29, 0.717) is 18.8 Å². The van der Waals surface area contributed by atoms with Gasteiger partial charge in [0.15, 0.2) is 0 Å². The molecule has 0 spiro atoms. The second-order valence-corrected chi connectivity index (χ2v) is 7.49. The molecule has 4 nitrogen and oxygen atoms in total. The monoisotopic (exact) mass is 341 g/mol. The highest BCUT2D eigenvalue weighted by atomic mass is 16.5. The minimum atomic E-state index is 0.371. The molecule has 1 aliphatic carbocycles. The van der Waals surface area contributed by atoms with Crippen molar-refractivity contribution in [2.24, 2.45) is 0 Å². The molecule has 1 saturated carbocycles. The van der Waals surface area contributed by atoms with Gasteiger partial charge in [-0.2, -0.15) is 0 Å². The third kappa shape index (κ3) is 4.90. The quantitative estimate of drug-likeness (QED) is 0.636. The summed E-state index contributed by atoms with van der Waals surface area (Å²) in [6, 6.07) is 7.45. The fourth-order valence-electron chi connectivity index (χ4n) is 4.17. The van der Waals surface area contributed by atoms with Gasteiger partial charge >= 0.3 is 0 Å². The van der Waals surface area contributed by atoms with E-state index in [-0.39, 0.29) is 0 Å². The van der Waals surface area contributed by atoms with Gasteiger partial charge in [0, 0.05) is 25.2 Å². The maximum atomic E-state index is 6.10. The molecule has 25 heavy (non-hydrogen) atoms. The van der Waals surface area contributed by atoms with Gasteiger partial charge in [0.05, 0.1) is 17.5 Å². The molecule has 0 amide bonds. The molecule has 4 heteroatoms. The first-order valence-electron chi connectivity index (χ1n) is 9.57. The molecule has 3 N–H and O–H groups in total. The van der Waals surface area contributed by atoms with E-state index < -0.39 is 0 Å². The van der Waals surface area contributed by atoms with Crippen LogP contribution in [0.1, 0.15) is 44.1 Å². The van der Waals surface area contributed by atoms with Gasteiger partial charge < -0.3 is 20.7 Å². The summed E-state index contributed by atoms with van der Waals surface area (Å²) >= 11 is 0. The van der Waals surface area contributed by atoms with Crippen LogP contribution in [0, 0.1) is 19.3 Å². The summed E-state index contributed by atoms with van der Waals surface area (Å²) in [5.74, 6) is 2.57. The Labute approximate surface area is 152 Å². The molecule has 0 atom stereocenters. The minimum Gasteiger partial charge on any atom is -0.397 e. The summed E-state index contributed by atoms with van der Waals surface area (Å²) in [7, 11) is 0. The number of nitrogen functional groups attached to an aromatic ring is 1. The van der Waals surface area contributed by atoms with E-state index in [2.05, 4.69) is 35.2 Å². The van der Waals surface area contributed by atoms with Crippen molar-refractivity contribution in [3.05, 3.63) is 23.8 Å². The van der Waals surface area contributed by atoms with E-state index in [4.69, 9.17) is 16.9 Å². The van der Waals surface area contributed by atoms with Gasteiger partial charge in [0.1, 0.15) is 6.61 Å². The summed E-state index contributed by atoms with van der Waals surface area (Å²) < 4.78 is 5.70. The molecule has 0 bridgehead atoms. The fourth-order valence-corrected chi connectivity index (χ4v) is 4.17. The zero-order valence-electron chi connectivity index (χ0n) is 15.3. The number of nitrogens with one attached hydrogen (secondary N) is 1. The van der Waals surface area contributed by atoms with Crippen LogP contribution in [-0.4, -0.2) is 42.8 Å². The SMILES string of the molecule is C#CCO[C@H]1CC[C@H](N2CCC(Nc3cc(C)ccc3N)CC2)CC1. The average molecular weight is 341 g/mol. The Hall–Kier alpha value is -1.70. The minimum absolute atomic E-state index is 0.371. The maximum absolute atomic E-state index is 6.10. The number of aryl methyl sites for hydroxylation is 1. The Morgan fingerprint density at radius 2 is 1.92 bits per heavy atom. The number of terminal acetylenes is 1. The van der Waals surface area contributed by atoms with Crippen molar-refractivity contribution in [2.45, 2.75) is 63.6 Å². The highest BCUT2D eigenvalue weighted by Crippen LogP contribution is 2.29. The molecule has 1 aliphatic heterocycles. The summed E-state index contributed by atoms with van der Waals surface area (Å²) in [5.41, 5.74) is 9.28. The van der Waals surface area contributed by atoms with Crippen molar-refractivity contribution >= 4 is 11.4 Å². The summed E-state index contributed by atoms with van der Waals surface area (Å²) in [5, 5.41) is 3.65. The van der Waals surface area contributed by atoms with Gasteiger partial charge in [0.25, 0.3) is 0 Å². The summed E-state index contributed by atoms with van der Waals surface area (Å²) in [4.78, 5) is 2.68. The number of nitrogens with zero attached hydrogens (tertiary/aromatic N) is 1. The van der Waals surface area contributed by atoms with Gasteiger partial charge in [-0.3, -0.25) is 0 Å². The van der Waals surface area contributed by atoms with Crippen LogP contribution < -0.4 is 11.1 Å². The Kier molecular flexibility index (Phi) is 6.23. The van der Waals surface area contributed by atoms with Crippen LogP contribution in [0.4, 0.5) is 11.4 Å². The number of ether oxygens (including phenoxy) is 1. The average Bonchev–Trinajstić information content (AvgIpc) is 2.64. The van der Waals surface area contributed by atoms with Crippen molar-refractivity contribution in [2.75, 3.05) is 30.7 Å². The Bertz CT molecular complexity index is 594. The van der Waals surface area contributed by atoms with Gasteiger partial charge in [-0.15, -0.1) is 6.42 Å². The first kappa shape index (κ1) is 18.1. The van der Waals surface area contributed by atoms with Crippen LogP contribution in [0.5, 0.6) is 0 Å². The van der Waals surface area contributed by atoms with Crippen LogP contribution in [0.15, 0.2) is 18.2 Å². The number of likely N-dealkylation sites (tertiary alicyclic amines) is 1. The highest BCUT2D eigenvalue weighted by molar-refractivity contribution is 5.67. The Morgan fingerprint density at radius 3 is 2.60 bits per heavy atom. The van der Waals surface area contributed by atoms with E-state index >= 15 is 0 Å². The largest absolute Gasteiger partial charge is 0.397 e. The van der Waals surface area contributed by atoms with Crippen LogP contribution in [0.2, 0.25) is 0 Å². The molecule has 1 saturated heterocycles. The van der Waals surface area contributed by atoms with Gasteiger partial charge in [-0.05, 0) is 63.1 Å². The number of hydrogen-bond acceptors (Lipinski definition) is 4. The molecule has 0 radical (unpaired) electrons. The predicted molar refractivity (Wildman–Crippen MR) is 105 cm³/mol. The zero-order valence-corrected chi connectivity index (χ0v) is 15.3. The smallest absolute Gasteiger partial charge is 0.107 e. The predicted octanol–water partition coefficient (Wildman–Crippen LogP) is 3.41. The zero-order chi connectivity index (χ0) is 17.6. The number of hydrogen-bond donors (Lipinski definition) is 2. The lowest BCUT2D eigenvalue weighted by atomic mass is 9.90. The molecule has 0 aromatic heterocycles. The van der Waals surface area contributed by atoms with Gasteiger partial charge in [-0.25, -0.2) is 0 Å². The Morgan fingerprint density at radius 1 is 1.20 bits per heavy atom. The molecule has 2 fully saturated rings. The fraction of sp³-hybridized carbons (Fsp3) is 0.619. The summed E-state index contributed by atoms with van der Waals surface area (Å²) in [6.07, 6.45) is 12.8. The van der Waals surface area contributed by atoms with Crippen LogP contribution in [-0.2, 0) is 4.74 Å². The van der Waals surface area contributed by atoms with E-state index in [0.717, 1.165) is 30.3 Å². The number of anilines is 2. The van der Waals surface area contributed by atoms with Gasteiger partial charge in [0.2, 0.25) is 0 Å². The van der Waals surface area contributed by atoms with E-state index in [1.165, 1.54) is 44.3 Å². The van der Waals surface area contributed by atoms with Crippen molar-refractivity contribution in [3.8, 4) is 12.3 Å². The molecule has 136 valence electrons. The standard InChI is InChI=1S/C21H31N3O/c1-3-14-25-19-7-5-18(6-8-19)24-12-10-17(11-13-24)23-21-15-16(2)4-9-20(21)22/h1,4,9,15,17-19,23H,5-8,10-14,22H2,2H3/t18-,19-.